The van der Waals surface area contributed by atoms with Crippen molar-refractivity contribution in [2.45, 2.75) is 65.2 Å². The molecule has 1 aromatic rings. The van der Waals surface area contributed by atoms with Crippen LogP contribution in [0.25, 0.3) is 0 Å². The van der Waals surface area contributed by atoms with E-state index in [2.05, 4.69) is 26.0 Å². The molecule has 0 saturated heterocycles. The Morgan fingerprint density at radius 3 is 2.45 bits per heavy atom. The van der Waals surface area contributed by atoms with Gasteiger partial charge in [0.1, 0.15) is 0 Å². The molecule has 0 spiro atoms. The average molecular weight is 297 g/mol. The van der Waals surface area contributed by atoms with Crippen molar-refractivity contribution in [3.8, 4) is 0 Å². The van der Waals surface area contributed by atoms with Gasteiger partial charge in [0.2, 0.25) is 0 Å². The molecule has 0 bridgehead atoms. The SMILES string of the molecule is CC.CC(C)c1cc(C2CCCC[C@H]2CO)ccc1Cl. The molecule has 1 aliphatic rings. The van der Waals surface area contributed by atoms with E-state index in [1.807, 2.05) is 19.9 Å². The molecule has 1 unspecified atom stereocenters. The maximum atomic E-state index is 9.53. The minimum Gasteiger partial charge on any atom is -0.396 e. The smallest absolute Gasteiger partial charge is 0.0465 e. The van der Waals surface area contributed by atoms with Gasteiger partial charge in [0.25, 0.3) is 0 Å². The van der Waals surface area contributed by atoms with E-state index < -0.39 is 0 Å². The Morgan fingerprint density at radius 1 is 1.20 bits per heavy atom. The number of hydrogen-bond donors (Lipinski definition) is 1. The van der Waals surface area contributed by atoms with Gasteiger partial charge >= 0.3 is 0 Å². The molecular formula is C18H29ClO. The second-order valence-electron chi connectivity index (χ2n) is 5.77. The third kappa shape index (κ3) is 4.23. The molecule has 1 nitrogen and oxygen atoms in total. The third-order valence-electron chi connectivity index (χ3n) is 4.21. The van der Waals surface area contributed by atoms with Crippen LogP contribution in [0.3, 0.4) is 0 Å². The molecule has 20 heavy (non-hydrogen) atoms. The lowest BCUT2D eigenvalue weighted by Gasteiger charge is -2.31. The molecule has 1 aliphatic carbocycles. The Bertz CT molecular complexity index is 400. The van der Waals surface area contributed by atoms with E-state index in [4.69, 9.17) is 11.6 Å². The fraction of sp³-hybridized carbons (Fsp3) is 0.667. The summed E-state index contributed by atoms with van der Waals surface area (Å²) in [6.45, 7) is 8.66. The van der Waals surface area contributed by atoms with Crippen LogP contribution in [0.2, 0.25) is 5.02 Å². The van der Waals surface area contributed by atoms with Gasteiger partial charge in [-0.05, 0) is 47.8 Å². The van der Waals surface area contributed by atoms with Crippen molar-refractivity contribution < 1.29 is 5.11 Å². The zero-order chi connectivity index (χ0) is 15.1. The summed E-state index contributed by atoms with van der Waals surface area (Å²) in [5, 5.41) is 10.4. The zero-order valence-corrected chi connectivity index (χ0v) is 14.1. The van der Waals surface area contributed by atoms with E-state index in [-0.39, 0.29) is 0 Å². The standard InChI is InChI=1S/C16H23ClO.C2H6/c1-11(2)15-9-12(7-8-16(15)17)14-6-4-3-5-13(14)10-18;1-2/h7-9,11,13-14,18H,3-6,10H2,1-2H3;1-2H3/t13-,14?;/m0./s1. The monoisotopic (exact) mass is 296 g/mol. The van der Waals surface area contributed by atoms with Crippen LogP contribution in [0.1, 0.15) is 76.3 Å². The van der Waals surface area contributed by atoms with Gasteiger partial charge < -0.3 is 5.11 Å². The van der Waals surface area contributed by atoms with E-state index in [0.717, 1.165) is 11.4 Å². The Hall–Kier alpha value is -0.530. The van der Waals surface area contributed by atoms with Crippen LogP contribution in [-0.2, 0) is 0 Å². The first kappa shape index (κ1) is 17.5. The largest absolute Gasteiger partial charge is 0.396 e. The molecule has 0 heterocycles. The fourth-order valence-corrected chi connectivity index (χ4v) is 3.44. The van der Waals surface area contributed by atoms with Gasteiger partial charge in [-0.2, -0.15) is 0 Å². The molecular weight excluding hydrogens is 268 g/mol. The molecule has 2 heteroatoms. The molecule has 2 atom stereocenters. The predicted octanol–water partition coefficient (Wildman–Crippen LogP) is 5.76. The molecule has 1 aromatic carbocycles. The van der Waals surface area contributed by atoms with Crippen molar-refractivity contribution in [1.82, 2.24) is 0 Å². The van der Waals surface area contributed by atoms with Crippen molar-refractivity contribution in [3.05, 3.63) is 34.3 Å². The number of rotatable bonds is 3. The Balaban J connectivity index is 0.000000956. The van der Waals surface area contributed by atoms with Crippen LogP contribution < -0.4 is 0 Å². The van der Waals surface area contributed by atoms with Gasteiger partial charge in [-0.15, -0.1) is 0 Å². The van der Waals surface area contributed by atoms with Crippen molar-refractivity contribution in [2.24, 2.45) is 5.92 Å². The van der Waals surface area contributed by atoms with Gasteiger partial charge in [0.15, 0.2) is 0 Å². The molecule has 1 saturated carbocycles. The molecule has 1 fully saturated rings. The lowest BCUT2D eigenvalue weighted by Crippen LogP contribution is -2.21. The zero-order valence-electron chi connectivity index (χ0n) is 13.3. The normalized spacial score (nSPS) is 22.4. The molecule has 2 rings (SSSR count). The first-order valence-corrected chi connectivity index (χ1v) is 8.41. The second kappa shape index (κ2) is 8.69. The molecule has 0 aliphatic heterocycles. The maximum absolute atomic E-state index is 9.53. The van der Waals surface area contributed by atoms with E-state index in [9.17, 15) is 5.11 Å². The summed E-state index contributed by atoms with van der Waals surface area (Å²) in [6.07, 6.45) is 4.89. The molecule has 0 radical (unpaired) electrons. The first-order valence-electron chi connectivity index (χ1n) is 8.03. The summed E-state index contributed by atoms with van der Waals surface area (Å²) in [5.41, 5.74) is 2.60. The van der Waals surface area contributed by atoms with Gasteiger partial charge in [-0.1, -0.05) is 64.3 Å². The summed E-state index contributed by atoms with van der Waals surface area (Å²) >= 11 is 6.25. The van der Waals surface area contributed by atoms with E-state index in [1.165, 1.54) is 30.4 Å². The molecule has 1 N–H and O–H groups in total. The summed E-state index contributed by atoms with van der Waals surface area (Å²) < 4.78 is 0. The topological polar surface area (TPSA) is 20.2 Å². The quantitative estimate of drug-likeness (QED) is 0.752. The summed E-state index contributed by atoms with van der Waals surface area (Å²) in [4.78, 5) is 0. The minimum atomic E-state index is 0.310. The summed E-state index contributed by atoms with van der Waals surface area (Å²) in [6, 6.07) is 6.42. The van der Waals surface area contributed by atoms with Gasteiger partial charge in [0.05, 0.1) is 0 Å². The number of aliphatic hydroxyl groups is 1. The van der Waals surface area contributed by atoms with Crippen LogP contribution in [0.4, 0.5) is 0 Å². The van der Waals surface area contributed by atoms with Gasteiger partial charge in [-0.25, -0.2) is 0 Å². The summed E-state index contributed by atoms with van der Waals surface area (Å²) in [7, 11) is 0. The van der Waals surface area contributed by atoms with Gasteiger partial charge in [0, 0.05) is 11.6 Å². The van der Waals surface area contributed by atoms with E-state index >= 15 is 0 Å². The third-order valence-corrected chi connectivity index (χ3v) is 4.56. The highest BCUT2D eigenvalue weighted by molar-refractivity contribution is 6.31. The number of hydrogen-bond acceptors (Lipinski definition) is 1. The van der Waals surface area contributed by atoms with Crippen molar-refractivity contribution in [2.75, 3.05) is 6.61 Å². The highest BCUT2D eigenvalue weighted by Gasteiger charge is 2.26. The average Bonchev–Trinajstić information content (AvgIpc) is 2.49. The Labute approximate surface area is 129 Å². The van der Waals surface area contributed by atoms with Crippen molar-refractivity contribution in [1.29, 1.82) is 0 Å². The Kier molecular flexibility index (Phi) is 7.61. The van der Waals surface area contributed by atoms with Crippen LogP contribution >= 0.6 is 11.6 Å². The predicted molar refractivity (Wildman–Crippen MR) is 88.7 cm³/mol. The van der Waals surface area contributed by atoms with Crippen LogP contribution in [0, 0.1) is 5.92 Å². The maximum Gasteiger partial charge on any atom is 0.0465 e. The lowest BCUT2D eigenvalue weighted by molar-refractivity contribution is 0.169. The first-order chi connectivity index (χ1) is 9.63. The highest BCUT2D eigenvalue weighted by Crippen LogP contribution is 2.39. The molecule has 114 valence electrons. The molecule has 0 amide bonds. The van der Waals surface area contributed by atoms with E-state index in [1.54, 1.807) is 0 Å². The van der Waals surface area contributed by atoms with Crippen LogP contribution in [0.15, 0.2) is 18.2 Å². The second-order valence-corrected chi connectivity index (χ2v) is 6.18. The van der Waals surface area contributed by atoms with E-state index in [0.29, 0.717) is 24.4 Å². The van der Waals surface area contributed by atoms with Crippen molar-refractivity contribution >= 4 is 11.6 Å². The minimum absolute atomic E-state index is 0.310. The number of aliphatic hydroxyl groups excluding tert-OH is 1. The van der Waals surface area contributed by atoms with Gasteiger partial charge in [-0.3, -0.25) is 0 Å². The fourth-order valence-electron chi connectivity index (χ4n) is 3.10. The lowest BCUT2D eigenvalue weighted by atomic mass is 9.75. The highest BCUT2D eigenvalue weighted by atomic mass is 35.5. The van der Waals surface area contributed by atoms with Crippen molar-refractivity contribution in [3.63, 3.8) is 0 Å². The van der Waals surface area contributed by atoms with Crippen LogP contribution in [-0.4, -0.2) is 11.7 Å². The Morgan fingerprint density at radius 2 is 1.85 bits per heavy atom. The number of halogens is 1. The summed E-state index contributed by atoms with van der Waals surface area (Å²) in [5.74, 6) is 1.40. The van der Waals surface area contributed by atoms with Crippen LogP contribution in [0.5, 0.6) is 0 Å². The number of benzene rings is 1. The molecule has 0 aromatic heterocycles.